The number of rotatable bonds is 9. The second-order valence-electron chi connectivity index (χ2n) is 6.79. The fourth-order valence-electron chi connectivity index (χ4n) is 3.01. The van der Waals surface area contributed by atoms with E-state index in [1.54, 1.807) is 36.4 Å². The number of halogens is 1. The standard InChI is InChI=1S/C21H25ClN2O5S/c22-19-3-1-2-4-20(19)29-14-10-21(25)23-11-9-17-5-7-18(8-6-17)30(26,27)24-12-15-28-16-13-24/h1-8H,9-16H2,(H,23,25). The molecule has 1 N–H and O–H groups in total. The first-order valence-corrected chi connectivity index (χ1v) is 11.6. The lowest BCUT2D eigenvalue weighted by Gasteiger charge is -2.26. The van der Waals surface area contributed by atoms with Gasteiger partial charge in [-0.2, -0.15) is 4.31 Å². The number of sulfonamides is 1. The largest absolute Gasteiger partial charge is 0.491 e. The Labute approximate surface area is 182 Å². The van der Waals surface area contributed by atoms with Gasteiger partial charge in [-0.25, -0.2) is 8.42 Å². The second kappa shape index (κ2) is 10.8. The van der Waals surface area contributed by atoms with Crippen molar-refractivity contribution in [2.45, 2.75) is 17.7 Å². The summed E-state index contributed by atoms with van der Waals surface area (Å²) in [4.78, 5) is 12.2. The van der Waals surface area contributed by atoms with Gasteiger partial charge in [-0.1, -0.05) is 35.9 Å². The van der Waals surface area contributed by atoms with Gasteiger partial charge in [0.25, 0.3) is 0 Å². The van der Waals surface area contributed by atoms with Crippen molar-refractivity contribution >= 4 is 27.5 Å². The highest BCUT2D eigenvalue weighted by molar-refractivity contribution is 7.89. The van der Waals surface area contributed by atoms with Gasteiger partial charge in [0.15, 0.2) is 0 Å². The molecule has 2 aromatic rings. The van der Waals surface area contributed by atoms with Crippen molar-refractivity contribution in [2.75, 3.05) is 39.5 Å². The van der Waals surface area contributed by atoms with E-state index in [1.807, 2.05) is 12.1 Å². The molecule has 30 heavy (non-hydrogen) atoms. The third-order valence-electron chi connectivity index (χ3n) is 4.69. The van der Waals surface area contributed by atoms with Crippen LogP contribution in [0.15, 0.2) is 53.4 Å². The first-order valence-electron chi connectivity index (χ1n) is 9.78. The molecule has 1 saturated heterocycles. The molecule has 0 atom stereocenters. The van der Waals surface area contributed by atoms with Crippen LogP contribution in [0, 0.1) is 0 Å². The van der Waals surface area contributed by atoms with Gasteiger partial charge < -0.3 is 14.8 Å². The number of hydrogen-bond donors (Lipinski definition) is 1. The second-order valence-corrected chi connectivity index (χ2v) is 9.13. The molecule has 162 valence electrons. The lowest BCUT2D eigenvalue weighted by molar-refractivity contribution is -0.121. The summed E-state index contributed by atoms with van der Waals surface area (Å²) in [6.07, 6.45) is 0.830. The molecule has 3 rings (SSSR count). The monoisotopic (exact) mass is 452 g/mol. The van der Waals surface area contributed by atoms with Gasteiger partial charge in [-0.3, -0.25) is 4.79 Å². The minimum Gasteiger partial charge on any atom is -0.491 e. The van der Waals surface area contributed by atoms with E-state index < -0.39 is 10.0 Å². The van der Waals surface area contributed by atoms with E-state index in [2.05, 4.69) is 5.32 Å². The Kier molecular flexibility index (Phi) is 8.09. The minimum absolute atomic E-state index is 0.117. The van der Waals surface area contributed by atoms with Crippen LogP contribution in [0.4, 0.5) is 0 Å². The van der Waals surface area contributed by atoms with Crippen molar-refractivity contribution in [2.24, 2.45) is 0 Å². The lowest BCUT2D eigenvalue weighted by atomic mass is 10.1. The number of para-hydroxylation sites is 1. The molecule has 0 radical (unpaired) electrons. The van der Waals surface area contributed by atoms with Gasteiger partial charge in [0, 0.05) is 19.6 Å². The fourth-order valence-corrected chi connectivity index (χ4v) is 4.61. The topological polar surface area (TPSA) is 84.9 Å². The predicted molar refractivity (Wildman–Crippen MR) is 114 cm³/mol. The van der Waals surface area contributed by atoms with Crippen molar-refractivity contribution in [3.63, 3.8) is 0 Å². The van der Waals surface area contributed by atoms with Crippen LogP contribution < -0.4 is 10.1 Å². The lowest BCUT2D eigenvalue weighted by Crippen LogP contribution is -2.40. The summed E-state index contributed by atoms with van der Waals surface area (Å²) in [5.74, 6) is 0.438. The van der Waals surface area contributed by atoms with Gasteiger partial charge in [0.1, 0.15) is 5.75 Å². The summed E-state index contributed by atoms with van der Waals surface area (Å²) < 4.78 is 37.4. The first kappa shape index (κ1) is 22.6. The first-order chi connectivity index (χ1) is 14.5. The highest BCUT2D eigenvalue weighted by atomic mass is 35.5. The maximum atomic E-state index is 12.6. The number of hydrogen-bond acceptors (Lipinski definition) is 5. The SMILES string of the molecule is O=C(CCOc1ccccc1Cl)NCCc1ccc(S(=O)(=O)N2CCOCC2)cc1. The minimum atomic E-state index is -3.49. The molecule has 0 aromatic heterocycles. The normalized spacial score (nSPS) is 15.0. The number of morpholine rings is 1. The van der Waals surface area contributed by atoms with Crippen molar-refractivity contribution < 1.29 is 22.7 Å². The van der Waals surface area contributed by atoms with E-state index in [1.165, 1.54) is 4.31 Å². The highest BCUT2D eigenvalue weighted by Gasteiger charge is 2.26. The van der Waals surface area contributed by atoms with Gasteiger partial charge >= 0.3 is 0 Å². The number of amides is 1. The van der Waals surface area contributed by atoms with E-state index in [9.17, 15) is 13.2 Å². The Hall–Kier alpha value is -2.13. The molecule has 0 unspecified atom stereocenters. The average molecular weight is 453 g/mol. The Morgan fingerprint density at radius 2 is 1.80 bits per heavy atom. The number of benzene rings is 2. The van der Waals surface area contributed by atoms with Crippen LogP contribution in [0.5, 0.6) is 5.75 Å². The van der Waals surface area contributed by atoms with Crippen molar-refractivity contribution in [3.8, 4) is 5.75 Å². The molecule has 1 aliphatic rings. The van der Waals surface area contributed by atoms with Crippen molar-refractivity contribution in [1.29, 1.82) is 0 Å². The van der Waals surface area contributed by atoms with Crippen LogP contribution in [0.3, 0.4) is 0 Å². The van der Waals surface area contributed by atoms with E-state index in [-0.39, 0.29) is 23.8 Å². The van der Waals surface area contributed by atoms with E-state index in [0.29, 0.717) is 50.0 Å². The van der Waals surface area contributed by atoms with Crippen LogP contribution in [0.1, 0.15) is 12.0 Å². The molecule has 9 heteroatoms. The van der Waals surface area contributed by atoms with Gasteiger partial charge in [-0.05, 0) is 36.2 Å². The summed E-state index contributed by atoms with van der Waals surface area (Å²) in [6, 6.07) is 13.9. The number of ether oxygens (including phenoxy) is 2. The van der Waals surface area contributed by atoms with Crippen molar-refractivity contribution in [1.82, 2.24) is 9.62 Å². The Balaban J connectivity index is 1.40. The fraction of sp³-hybridized carbons (Fsp3) is 0.381. The van der Waals surface area contributed by atoms with Crippen LogP contribution in [0.25, 0.3) is 0 Å². The van der Waals surface area contributed by atoms with Crippen LogP contribution >= 0.6 is 11.6 Å². The molecule has 0 bridgehead atoms. The van der Waals surface area contributed by atoms with Gasteiger partial charge in [0.05, 0.1) is 36.2 Å². The molecule has 0 aliphatic carbocycles. The molecule has 7 nitrogen and oxygen atoms in total. The zero-order chi connectivity index (χ0) is 21.4. The molecule has 2 aromatic carbocycles. The summed E-state index contributed by atoms with van der Waals surface area (Å²) in [5.41, 5.74) is 0.948. The number of carbonyl (C=O) groups is 1. The Morgan fingerprint density at radius 1 is 1.10 bits per heavy atom. The summed E-state index contributed by atoms with van der Waals surface area (Å²) in [5, 5.41) is 3.35. The Bertz CT molecular complexity index is 944. The predicted octanol–water partition coefficient (Wildman–Crippen LogP) is 2.49. The summed E-state index contributed by atoms with van der Waals surface area (Å²) >= 11 is 6.00. The zero-order valence-electron chi connectivity index (χ0n) is 16.6. The summed E-state index contributed by atoms with van der Waals surface area (Å²) in [6.45, 7) is 2.28. The van der Waals surface area contributed by atoms with E-state index in [0.717, 1.165) is 5.56 Å². The maximum absolute atomic E-state index is 12.6. The molecule has 1 fully saturated rings. The molecular formula is C21H25ClN2O5S. The maximum Gasteiger partial charge on any atom is 0.243 e. The number of carbonyl (C=O) groups excluding carboxylic acids is 1. The van der Waals surface area contributed by atoms with Gasteiger partial charge in [-0.15, -0.1) is 0 Å². The Morgan fingerprint density at radius 3 is 2.50 bits per heavy atom. The highest BCUT2D eigenvalue weighted by Crippen LogP contribution is 2.23. The molecule has 1 heterocycles. The number of nitrogens with zero attached hydrogens (tertiary/aromatic N) is 1. The van der Waals surface area contributed by atoms with Gasteiger partial charge in [0.2, 0.25) is 15.9 Å². The molecule has 1 aliphatic heterocycles. The smallest absolute Gasteiger partial charge is 0.243 e. The molecule has 1 amide bonds. The zero-order valence-corrected chi connectivity index (χ0v) is 18.1. The molecule has 0 spiro atoms. The van der Waals surface area contributed by atoms with E-state index in [4.69, 9.17) is 21.1 Å². The van der Waals surface area contributed by atoms with Crippen molar-refractivity contribution in [3.05, 3.63) is 59.1 Å². The third-order valence-corrected chi connectivity index (χ3v) is 6.92. The van der Waals surface area contributed by atoms with Crippen LogP contribution in [0.2, 0.25) is 5.02 Å². The van der Waals surface area contributed by atoms with E-state index >= 15 is 0 Å². The third kappa shape index (κ3) is 6.18. The number of nitrogens with one attached hydrogen (secondary N) is 1. The molecule has 0 saturated carbocycles. The van der Waals surface area contributed by atoms with Crippen LogP contribution in [-0.2, 0) is 26.0 Å². The average Bonchev–Trinajstić information content (AvgIpc) is 2.76. The molecular weight excluding hydrogens is 428 g/mol. The summed E-state index contributed by atoms with van der Waals surface area (Å²) in [7, 11) is -3.49. The quantitative estimate of drug-likeness (QED) is 0.631. The van der Waals surface area contributed by atoms with Crippen LogP contribution in [-0.4, -0.2) is 58.1 Å².